The van der Waals surface area contributed by atoms with Crippen molar-refractivity contribution < 1.29 is 13.2 Å². The molecule has 0 fully saturated rings. The number of thiazole rings is 1. The van der Waals surface area contributed by atoms with Gasteiger partial charge >= 0.3 is 6.18 Å². The first-order valence-electron chi connectivity index (χ1n) is 7.09. The van der Waals surface area contributed by atoms with Gasteiger partial charge in [0.15, 0.2) is 10.7 Å². The van der Waals surface area contributed by atoms with Crippen LogP contribution in [0.2, 0.25) is 5.15 Å². The highest BCUT2D eigenvalue weighted by Gasteiger charge is 2.34. The molecule has 134 valence electrons. The third-order valence-electron chi connectivity index (χ3n) is 3.44. The molecule has 3 aromatic rings. The molecule has 0 saturated heterocycles. The van der Waals surface area contributed by atoms with Crippen LogP contribution in [0.1, 0.15) is 22.0 Å². The molecule has 26 heavy (non-hydrogen) atoms. The second-order valence-corrected chi connectivity index (χ2v) is 6.79. The lowest BCUT2D eigenvalue weighted by molar-refractivity contribution is -0.141. The number of halogens is 4. The van der Waals surface area contributed by atoms with Crippen LogP contribution in [0.15, 0.2) is 23.0 Å². The SMILES string of the molecule is Cc1sc2nc(Cn3nc(C(F)(F)F)cc3Cl)cc(=O)n2c1C=CC#N. The predicted octanol–water partition coefficient (Wildman–Crippen LogP) is 3.52. The van der Waals surface area contributed by atoms with E-state index in [2.05, 4.69) is 10.1 Å². The fourth-order valence-corrected chi connectivity index (χ4v) is 3.51. The Bertz CT molecular complexity index is 1120. The predicted molar refractivity (Wildman–Crippen MR) is 90.1 cm³/mol. The van der Waals surface area contributed by atoms with E-state index in [1.807, 2.05) is 6.07 Å². The molecule has 0 unspecified atom stereocenters. The van der Waals surface area contributed by atoms with Gasteiger partial charge in [0, 0.05) is 23.1 Å². The summed E-state index contributed by atoms with van der Waals surface area (Å²) in [6.07, 6.45) is -1.86. The Labute approximate surface area is 153 Å². The fourth-order valence-electron chi connectivity index (χ4n) is 2.33. The summed E-state index contributed by atoms with van der Waals surface area (Å²) in [5.41, 5.74) is -0.764. The molecule has 11 heteroatoms. The zero-order chi connectivity index (χ0) is 19.1. The summed E-state index contributed by atoms with van der Waals surface area (Å²) >= 11 is 7.03. The van der Waals surface area contributed by atoms with Crippen molar-refractivity contribution in [3.63, 3.8) is 0 Å². The first kappa shape index (κ1) is 18.2. The summed E-state index contributed by atoms with van der Waals surface area (Å²) in [5.74, 6) is 0. The molecule has 0 saturated carbocycles. The molecule has 6 nitrogen and oxygen atoms in total. The first-order valence-corrected chi connectivity index (χ1v) is 8.29. The zero-order valence-corrected chi connectivity index (χ0v) is 14.7. The third kappa shape index (κ3) is 3.36. The Morgan fingerprint density at radius 1 is 1.42 bits per heavy atom. The number of nitriles is 1. The Kier molecular flexibility index (Phi) is 4.60. The van der Waals surface area contributed by atoms with Crippen molar-refractivity contribution in [2.45, 2.75) is 19.6 Å². The molecule has 0 spiro atoms. The van der Waals surface area contributed by atoms with Gasteiger partial charge in [-0.25, -0.2) is 9.67 Å². The Balaban J connectivity index is 2.03. The van der Waals surface area contributed by atoms with Gasteiger partial charge < -0.3 is 0 Å². The Morgan fingerprint density at radius 3 is 2.77 bits per heavy atom. The highest BCUT2D eigenvalue weighted by molar-refractivity contribution is 7.17. The Hall–Kier alpha value is -2.64. The van der Waals surface area contributed by atoms with Crippen LogP contribution in [-0.2, 0) is 12.7 Å². The van der Waals surface area contributed by atoms with E-state index in [0.29, 0.717) is 16.7 Å². The molecule has 0 aliphatic rings. The number of hydrogen-bond acceptors (Lipinski definition) is 5. The smallest absolute Gasteiger partial charge is 0.269 e. The van der Waals surface area contributed by atoms with Crippen LogP contribution in [0.25, 0.3) is 11.0 Å². The number of rotatable bonds is 3. The van der Waals surface area contributed by atoms with Gasteiger partial charge in [-0.15, -0.1) is 11.3 Å². The molecule has 0 bridgehead atoms. The van der Waals surface area contributed by atoms with E-state index in [0.717, 1.165) is 9.56 Å². The van der Waals surface area contributed by atoms with Crippen molar-refractivity contribution in [1.82, 2.24) is 19.2 Å². The van der Waals surface area contributed by atoms with Crippen LogP contribution in [0.4, 0.5) is 13.2 Å². The quantitative estimate of drug-likeness (QED) is 0.631. The van der Waals surface area contributed by atoms with E-state index in [9.17, 15) is 18.0 Å². The van der Waals surface area contributed by atoms with Crippen molar-refractivity contribution in [1.29, 1.82) is 5.26 Å². The second kappa shape index (κ2) is 6.59. The van der Waals surface area contributed by atoms with Crippen molar-refractivity contribution in [2.75, 3.05) is 0 Å². The normalized spacial score (nSPS) is 12.2. The molecule has 0 aromatic carbocycles. The number of alkyl halides is 3. The van der Waals surface area contributed by atoms with Crippen LogP contribution >= 0.6 is 22.9 Å². The number of fused-ring (bicyclic) bond motifs is 1. The topological polar surface area (TPSA) is 76.0 Å². The summed E-state index contributed by atoms with van der Waals surface area (Å²) in [5, 5.41) is 11.9. The van der Waals surface area contributed by atoms with Crippen LogP contribution in [0.3, 0.4) is 0 Å². The average Bonchev–Trinajstić information content (AvgIpc) is 3.05. The van der Waals surface area contributed by atoms with Gasteiger partial charge in [0.25, 0.3) is 5.56 Å². The highest BCUT2D eigenvalue weighted by Crippen LogP contribution is 2.30. The maximum atomic E-state index is 12.7. The molecule has 3 aromatic heterocycles. The van der Waals surface area contributed by atoms with Crippen LogP contribution < -0.4 is 5.56 Å². The monoisotopic (exact) mass is 399 g/mol. The van der Waals surface area contributed by atoms with Gasteiger partial charge in [-0.1, -0.05) is 11.6 Å². The minimum atomic E-state index is -4.61. The maximum Gasteiger partial charge on any atom is 0.435 e. The van der Waals surface area contributed by atoms with Crippen LogP contribution in [-0.4, -0.2) is 19.2 Å². The van der Waals surface area contributed by atoms with Crippen molar-refractivity contribution >= 4 is 34.0 Å². The summed E-state index contributed by atoms with van der Waals surface area (Å²) in [7, 11) is 0. The van der Waals surface area contributed by atoms with E-state index in [-0.39, 0.29) is 17.4 Å². The number of aryl methyl sites for hydroxylation is 1. The van der Waals surface area contributed by atoms with Crippen LogP contribution in [0, 0.1) is 18.3 Å². The standard InChI is InChI=1S/C15H9ClF3N5OS/c1-8-10(3-2-4-20)24-13(25)5-9(21-14(24)26-8)7-23-12(16)6-11(22-23)15(17,18)19/h2-3,5-6H,7H2,1H3. The van der Waals surface area contributed by atoms with Crippen molar-refractivity contribution in [3.8, 4) is 6.07 Å². The second-order valence-electron chi connectivity index (χ2n) is 5.22. The highest BCUT2D eigenvalue weighted by atomic mass is 35.5. The molecule has 0 atom stereocenters. The minimum Gasteiger partial charge on any atom is -0.269 e. The van der Waals surface area contributed by atoms with Gasteiger partial charge in [0.1, 0.15) is 5.15 Å². The molecule has 0 amide bonds. The van der Waals surface area contributed by atoms with E-state index in [1.54, 1.807) is 6.92 Å². The molecular formula is C15H9ClF3N5OS. The molecule has 0 N–H and O–H groups in total. The number of allylic oxidation sites excluding steroid dienone is 1. The third-order valence-corrected chi connectivity index (χ3v) is 4.71. The van der Waals surface area contributed by atoms with Gasteiger partial charge in [-0.2, -0.15) is 23.5 Å². The lowest BCUT2D eigenvalue weighted by atomic mass is 10.3. The molecule has 0 radical (unpaired) electrons. The maximum absolute atomic E-state index is 12.7. The lowest BCUT2D eigenvalue weighted by Gasteiger charge is -2.04. The van der Waals surface area contributed by atoms with E-state index >= 15 is 0 Å². The Morgan fingerprint density at radius 2 is 2.15 bits per heavy atom. The zero-order valence-electron chi connectivity index (χ0n) is 13.1. The van der Waals surface area contributed by atoms with Crippen molar-refractivity contribution in [3.05, 3.63) is 55.7 Å². The fraction of sp³-hybridized carbons (Fsp3) is 0.200. The van der Waals surface area contributed by atoms with Crippen LogP contribution in [0.5, 0.6) is 0 Å². The number of hydrogen-bond donors (Lipinski definition) is 0. The largest absolute Gasteiger partial charge is 0.435 e. The average molecular weight is 400 g/mol. The molecule has 3 rings (SSSR count). The molecule has 0 aliphatic carbocycles. The summed E-state index contributed by atoms with van der Waals surface area (Å²) < 4.78 is 40.4. The number of nitrogens with zero attached hydrogens (tertiary/aromatic N) is 5. The molecular weight excluding hydrogens is 391 g/mol. The van der Waals surface area contributed by atoms with E-state index in [1.165, 1.54) is 34.0 Å². The minimum absolute atomic E-state index is 0.180. The lowest BCUT2D eigenvalue weighted by Crippen LogP contribution is -2.17. The van der Waals surface area contributed by atoms with Gasteiger partial charge in [0.05, 0.1) is 24.0 Å². The number of aromatic nitrogens is 4. The van der Waals surface area contributed by atoms with Gasteiger partial charge in [0.2, 0.25) is 0 Å². The summed E-state index contributed by atoms with van der Waals surface area (Å²) in [4.78, 5) is 17.8. The van der Waals surface area contributed by atoms with E-state index < -0.39 is 17.4 Å². The first-order chi connectivity index (χ1) is 12.2. The summed E-state index contributed by atoms with van der Waals surface area (Å²) in [6.45, 7) is 1.59. The van der Waals surface area contributed by atoms with Crippen molar-refractivity contribution in [2.24, 2.45) is 0 Å². The molecule has 0 aliphatic heterocycles. The van der Waals surface area contributed by atoms with E-state index in [4.69, 9.17) is 16.9 Å². The van der Waals surface area contributed by atoms with Gasteiger partial charge in [-0.3, -0.25) is 9.20 Å². The summed E-state index contributed by atoms with van der Waals surface area (Å²) in [6, 6.07) is 3.77. The molecule has 3 heterocycles. The van der Waals surface area contributed by atoms with Gasteiger partial charge in [-0.05, 0) is 13.0 Å².